The van der Waals surface area contributed by atoms with Crippen LogP contribution in [0, 0.1) is 0 Å². The summed E-state index contributed by atoms with van der Waals surface area (Å²) >= 11 is 0. The van der Waals surface area contributed by atoms with Crippen molar-refractivity contribution >= 4 is 22.8 Å². The fourth-order valence-corrected chi connectivity index (χ4v) is 3.95. The number of carbonyl (C=O) groups excluding carboxylic acids is 2. The molecule has 1 unspecified atom stereocenters. The summed E-state index contributed by atoms with van der Waals surface area (Å²) in [6.07, 6.45) is 3.17. The topological polar surface area (TPSA) is 102 Å². The number of carbonyl (C=O) groups is 2. The maximum atomic E-state index is 13.7. The van der Waals surface area contributed by atoms with E-state index in [1.165, 1.54) is 0 Å². The van der Waals surface area contributed by atoms with Crippen molar-refractivity contribution in [1.29, 1.82) is 0 Å². The highest BCUT2D eigenvalue weighted by atomic mass is 16.5. The first-order valence-electron chi connectivity index (χ1n) is 11.6. The van der Waals surface area contributed by atoms with Gasteiger partial charge in [0.25, 0.3) is 0 Å². The third-order valence-electron chi connectivity index (χ3n) is 5.76. The van der Waals surface area contributed by atoms with Crippen molar-refractivity contribution in [2.24, 2.45) is 0 Å². The molecule has 0 bridgehead atoms. The van der Waals surface area contributed by atoms with E-state index in [-0.39, 0.29) is 24.9 Å². The number of amides is 2. The molecule has 0 spiro atoms. The van der Waals surface area contributed by atoms with Gasteiger partial charge in [0.15, 0.2) is 0 Å². The molecule has 0 aliphatic heterocycles. The van der Waals surface area contributed by atoms with E-state index in [0.717, 1.165) is 18.4 Å². The molecule has 0 saturated heterocycles. The second-order valence-corrected chi connectivity index (χ2v) is 8.15. The van der Waals surface area contributed by atoms with Gasteiger partial charge in [0, 0.05) is 6.54 Å². The Morgan fingerprint density at radius 3 is 2.77 bits per heavy atom. The Bertz CT molecular complexity index is 1270. The Kier molecular flexibility index (Phi) is 7.77. The van der Waals surface area contributed by atoms with Gasteiger partial charge in [0.2, 0.25) is 11.8 Å². The third-order valence-corrected chi connectivity index (χ3v) is 5.76. The summed E-state index contributed by atoms with van der Waals surface area (Å²) in [7, 11) is 1.57. The number of hydrogen-bond acceptors (Lipinski definition) is 6. The number of para-hydroxylation sites is 1. The average molecular weight is 476 g/mol. The average Bonchev–Trinajstić information content (AvgIpc) is 3.55. The van der Waals surface area contributed by atoms with Gasteiger partial charge in [-0.25, -0.2) is 4.68 Å². The van der Waals surface area contributed by atoms with Crippen molar-refractivity contribution < 1.29 is 18.7 Å². The highest BCUT2D eigenvalue weighted by Crippen LogP contribution is 2.26. The second kappa shape index (κ2) is 11.3. The molecule has 0 aliphatic rings. The number of nitrogens with zero attached hydrogens (tertiary/aromatic N) is 4. The van der Waals surface area contributed by atoms with Gasteiger partial charge in [-0.1, -0.05) is 42.8 Å². The largest absolute Gasteiger partial charge is 0.497 e. The SMILES string of the molecule is CCCCN(C(=O)Cn1nnc2ccccc21)C(C(=O)NCc1ccco1)c1cccc(OC)c1. The lowest BCUT2D eigenvalue weighted by atomic mass is 10.0. The predicted octanol–water partition coefficient (Wildman–Crippen LogP) is 3.72. The lowest BCUT2D eigenvalue weighted by molar-refractivity contribution is -0.141. The number of hydrogen-bond donors (Lipinski definition) is 1. The molecule has 4 rings (SSSR count). The fourth-order valence-electron chi connectivity index (χ4n) is 3.95. The summed E-state index contributed by atoms with van der Waals surface area (Å²) in [6, 6.07) is 17.4. The monoisotopic (exact) mass is 475 g/mol. The number of benzene rings is 2. The summed E-state index contributed by atoms with van der Waals surface area (Å²) in [5.41, 5.74) is 2.13. The van der Waals surface area contributed by atoms with Crippen molar-refractivity contribution in [2.75, 3.05) is 13.7 Å². The first-order chi connectivity index (χ1) is 17.1. The molecular weight excluding hydrogens is 446 g/mol. The molecular formula is C26H29N5O4. The summed E-state index contributed by atoms with van der Waals surface area (Å²) in [4.78, 5) is 28.8. The highest BCUT2D eigenvalue weighted by molar-refractivity contribution is 5.89. The number of nitrogens with one attached hydrogen (secondary N) is 1. The molecule has 0 radical (unpaired) electrons. The van der Waals surface area contributed by atoms with Crippen LogP contribution in [0.15, 0.2) is 71.3 Å². The standard InChI is InChI=1S/C26H29N5O4/c1-3-4-14-30(24(32)18-31-23-13-6-5-12-22(23)28-29-31)25(19-9-7-10-20(16-19)34-2)26(33)27-17-21-11-8-15-35-21/h5-13,15-16,25H,3-4,14,17-18H2,1-2H3,(H,27,33). The van der Waals surface area contributed by atoms with Crippen LogP contribution in [0.1, 0.15) is 37.1 Å². The van der Waals surface area contributed by atoms with Gasteiger partial charge >= 0.3 is 0 Å². The summed E-state index contributed by atoms with van der Waals surface area (Å²) in [5.74, 6) is 0.706. The van der Waals surface area contributed by atoms with Crippen LogP contribution >= 0.6 is 0 Å². The number of rotatable bonds is 11. The number of ether oxygens (including phenoxy) is 1. The first kappa shape index (κ1) is 24.0. The minimum Gasteiger partial charge on any atom is -0.497 e. The highest BCUT2D eigenvalue weighted by Gasteiger charge is 2.32. The van der Waals surface area contributed by atoms with Crippen LogP contribution in [-0.2, 0) is 22.7 Å². The number of methoxy groups -OCH3 is 1. The van der Waals surface area contributed by atoms with Crippen molar-refractivity contribution in [3.8, 4) is 5.75 Å². The number of fused-ring (bicyclic) bond motifs is 1. The van der Waals surface area contributed by atoms with Gasteiger partial charge in [-0.3, -0.25) is 9.59 Å². The quantitative estimate of drug-likeness (QED) is 0.355. The lowest BCUT2D eigenvalue weighted by Gasteiger charge is -2.31. The molecule has 0 saturated carbocycles. The molecule has 2 heterocycles. The molecule has 2 amide bonds. The van der Waals surface area contributed by atoms with Gasteiger partial charge in [-0.05, 0) is 48.4 Å². The van der Waals surface area contributed by atoms with Crippen LogP contribution in [0.25, 0.3) is 11.0 Å². The summed E-state index contributed by atoms with van der Waals surface area (Å²) < 4.78 is 12.3. The van der Waals surface area contributed by atoms with E-state index >= 15 is 0 Å². The fraction of sp³-hybridized carbons (Fsp3) is 0.308. The molecule has 9 heteroatoms. The van der Waals surface area contributed by atoms with Gasteiger partial charge in [0.1, 0.15) is 29.6 Å². The van der Waals surface area contributed by atoms with E-state index in [0.29, 0.717) is 29.1 Å². The van der Waals surface area contributed by atoms with E-state index in [9.17, 15) is 9.59 Å². The smallest absolute Gasteiger partial charge is 0.247 e. The van der Waals surface area contributed by atoms with E-state index in [4.69, 9.17) is 9.15 Å². The number of aromatic nitrogens is 3. The molecule has 0 fully saturated rings. The van der Waals surface area contributed by atoms with E-state index in [1.807, 2.05) is 43.3 Å². The maximum absolute atomic E-state index is 13.7. The molecule has 0 aliphatic carbocycles. The molecule has 35 heavy (non-hydrogen) atoms. The van der Waals surface area contributed by atoms with Crippen molar-refractivity contribution in [3.63, 3.8) is 0 Å². The van der Waals surface area contributed by atoms with E-state index < -0.39 is 6.04 Å². The van der Waals surface area contributed by atoms with Gasteiger partial charge in [-0.2, -0.15) is 0 Å². The van der Waals surface area contributed by atoms with Gasteiger partial charge < -0.3 is 19.4 Å². The Labute approximate surface area is 203 Å². The first-order valence-corrected chi connectivity index (χ1v) is 11.6. The van der Waals surface area contributed by atoms with Crippen molar-refractivity contribution in [2.45, 2.75) is 38.9 Å². The Morgan fingerprint density at radius 2 is 2.00 bits per heavy atom. The van der Waals surface area contributed by atoms with Crippen LogP contribution in [0.3, 0.4) is 0 Å². The van der Waals surface area contributed by atoms with Gasteiger partial charge in [-0.15, -0.1) is 5.10 Å². The minimum atomic E-state index is -0.853. The molecule has 182 valence electrons. The third kappa shape index (κ3) is 5.68. The lowest BCUT2D eigenvalue weighted by Crippen LogP contribution is -2.45. The normalized spacial score (nSPS) is 11.8. The zero-order chi connectivity index (χ0) is 24.6. The molecule has 2 aromatic carbocycles. The van der Waals surface area contributed by atoms with Crippen LogP contribution < -0.4 is 10.1 Å². The minimum absolute atomic E-state index is 0.0316. The Balaban J connectivity index is 1.66. The Morgan fingerprint density at radius 1 is 1.14 bits per heavy atom. The molecule has 1 N–H and O–H groups in total. The molecule has 2 aromatic heterocycles. The predicted molar refractivity (Wildman–Crippen MR) is 130 cm³/mol. The van der Waals surface area contributed by atoms with E-state index in [1.54, 1.807) is 47.2 Å². The maximum Gasteiger partial charge on any atom is 0.247 e. The summed E-state index contributed by atoms with van der Waals surface area (Å²) in [6.45, 7) is 2.65. The van der Waals surface area contributed by atoms with Crippen LogP contribution in [0.4, 0.5) is 0 Å². The van der Waals surface area contributed by atoms with Gasteiger partial charge in [0.05, 0.1) is 25.4 Å². The Hall–Kier alpha value is -4.14. The number of furan rings is 1. The second-order valence-electron chi connectivity index (χ2n) is 8.15. The van der Waals surface area contributed by atoms with Crippen LogP contribution in [0.2, 0.25) is 0 Å². The molecule has 4 aromatic rings. The number of unbranched alkanes of at least 4 members (excludes halogenated alkanes) is 1. The zero-order valence-corrected chi connectivity index (χ0v) is 19.9. The van der Waals surface area contributed by atoms with Crippen molar-refractivity contribution in [3.05, 3.63) is 78.3 Å². The molecule has 1 atom stereocenters. The zero-order valence-electron chi connectivity index (χ0n) is 19.9. The van der Waals surface area contributed by atoms with Crippen LogP contribution in [0.5, 0.6) is 5.75 Å². The van der Waals surface area contributed by atoms with E-state index in [2.05, 4.69) is 15.6 Å². The van der Waals surface area contributed by atoms with Crippen molar-refractivity contribution in [1.82, 2.24) is 25.2 Å². The van der Waals surface area contributed by atoms with Crippen LogP contribution in [-0.4, -0.2) is 45.4 Å². The molecule has 9 nitrogen and oxygen atoms in total. The summed E-state index contributed by atoms with van der Waals surface area (Å²) in [5, 5.41) is 11.2.